The van der Waals surface area contributed by atoms with Gasteiger partial charge in [0.25, 0.3) is 0 Å². The van der Waals surface area contributed by atoms with E-state index in [2.05, 4.69) is 26.9 Å². The lowest BCUT2D eigenvalue weighted by molar-refractivity contribution is -0.129. The van der Waals surface area contributed by atoms with Crippen molar-refractivity contribution in [2.75, 3.05) is 18.8 Å². The molecule has 4 rings (SSSR count). The van der Waals surface area contributed by atoms with Crippen LogP contribution in [0.4, 0.5) is 0 Å². The maximum Gasteiger partial charge on any atom is 0.233 e. The Balaban J connectivity index is 1.51. The highest BCUT2D eigenvalue weighted by atomic mass is 32.2. The molecule has 2 aliphatic rings. The van der Waals surface area contributed by atoms with Crippen molar-refractivity contribution in [3.8, 4) is 5.69 Å². The number of hydrogen-bond acceptors (Lipinski definition) is 4. The van der Waals surface area contributed by atoms with Gasteiger partial charge in [-0.25, -0.2) is 0 Å². The van der Waals surface area contributed by atoms with E-state index in [0.717, 1.165) is 42.6 Å². The van der Waals surface area contributed by atoms with Crippen molar-refractivity contribution in [1.29, 1.82) is 0 Å². The summed E-state index contributed by atoms with van der Waals surface area (Å²) in [5.41, 5.74) is 1.08. The Hall–Kier alpha value is -1.82. The van der Waals surface area contributed by atoms with E-state index in [-0.39, 0.29) is 5.91 Å². The first-order valence-corrected chi connectivity index (χ1v) is 9.73. The van der Waals surface area contributed by atoms with Crippen LogP contribution in [0.1, 0.15) is 43.8 Å². The molecule has 2 heterocycles. The molecule has 2 aromatic rings. The molecule has 0 bridgehead atoms. The minimum Gasteiger partial charge on any atom is -0.342 e. The smallest absolute Gasteiger partial charge is 0.233 e. The first-order chi connectivity index (χ1) is 11.8. The summed E-state index contributed by atoms with van der Waals surface area (Å²) in [6.07, 6.45) is 5.86. The van der Waals surface area contributed by atoms with Crippen LogP contribution < -0.4 is 0 Å². The molecule has 5 nitrogen and oxygen atoms in total. The van der Waals surface area contributed by atoms with Crippen molar-refractivity contribution in [2.45, 2.75) is 43.2 Å². The fourth-order valence-electron chi connectivity index (χ4n) is 3.16. The molecule has 1 aromatic carbocycles. The van der Waals surface area contributed by atoms with Gasteiger partial charge in [-0.15, -0.1) is 10.2 Å². The molecule has 0 atom stereocenters. The van der Waals surface area contributed by atoms with Gasteiger partial charge in [0.15, 0.2) is 5.16 Å². The minimum absolute atomic E-state index is 0.218. The summed E-state index contributed by atoms with van der Waals surface area (Å²) in [5, 5.41) is 9.62. The van der Waals surface area contributed by atoms with Crippen molar-refractivity contribution in [3.05, 3.63) is 36.2 Å². The highest BCUT2D eigenvalue weighted by molar-refractivity contribution is 7.99. The average molecular weight is 342 g/mol. The number of rotatable bonds is 5. The predicted molar refractivity (Wildman–Crippen MR) is 94.5 cm³/mol. The van der Waals surface area contributed by atoms with E-state index in [9.17, 15) is 4.79 Å². The van der Waals surface area contributed by atoms with E-state index in [1.807, 2.05) is 23.1 Å². The predicted octanol–water partition coefficient (Wildman–Crippen LogP) is 3.25. The van der Waals surface area contributed by atoms with Gasteiger partial charge in [-0.05, 0) is 44.2 Å². The third kappa shape index (κ3) is 3.34. The fraction of sp³-hybridized carbons (Fsp3) is 0.500. The number of hydrogen-bond donors (Lipinski definition) is 0. The van der Waals surface area contributed by atoms with Gasteiger partial charge in [0.05, 0.1) is 5.75 Å². The molecular weight excluding hydrogens is 320 g/mol. The van der Waals surface area contributed by atoms with Gasteiger partial charge in [-0.2, -0.15) is 0 Å². The summed E-state index contributed by atoms with van der Waals surface area (Å²) < 4.78 is 2.13. The van der Waals surface area contributed by atoms with Crippen LogP contribution in [-0.2, 0) is 4.79 Å². The molecule has 0 spiro atoms. The molecule has 1 saturated carbocycles. The van der Waals surface area contributed by atoms with Crippen LogP contribution in [0.15, 0.2) is 35.5 Å². The summed E-state index contributed by atoms with van der Waals surface area (Å²) in [4.78, 5) is 14.4. The zero-order valence-corrected chi connectivity index (χ0v) is 14.5. The molecular formula is C18H22N4OS. The lowest BCUT2D eigenvalue weighted by atomic mass is 10.1. The largest absolute Gasteiger partial charge is 0.342 e. The molecule has 1 aliphatic heterocycles. The van der Waals surface area contributed by atoms with E-state index < -0.39 is 0 Å². The molecule has 0 unspecified atom stereocenters. The van der Waals surface area contributed by atoms with Crippen LogP contribution in [0.3, 0.4) is 0 Å². The van der Waals surface area contributed by atoms with E-state index in [0.29, 0.717) is 11.7 Å². The Bertz CT molecular complexity index is 705. The summed E-state index contributed by atoms with van der Waals surface area (Å²) in [5.74, 6) is 2.21. The molecule has 126 valence electrons. The zero-order valence-electron chi connectivity index (χ0n) is 13.7. The SMILES string of the molecule is O=C(CSc1nnc(C2CC2)n1-c1ccccc1)N1CCCCC1. The van der Waals surface area contributed by atoms with Gasteiger partial charge in [-0.3, -0.25) is 9.36 Å². The number of thioether (sulfide) groups is 1. The van der Waals surface area contributed by atoms with Gasteiger partial charge in [0.1, 0.15) is 5.82 Å². The van der Waals surface area contributed by atoms with Gasteiger partial charge in [-0.1, -0.05) is 30.0 Å². The number of likely N-dealkylation sites (tertiary alicyclic amines) is 1. The molecule has 0 N–H and O–H groups in total. The van der Waals surface area contributed by atoms with Crippen LogP contribution in [0.25, 0.3) is 5.69 Å². The van der Waals surface area contributed by atoms with Crippen LogP contribution >= 0.6 is 11.8 Å². The molecule has 1 aliphatic carbocycles. The Morgan fingerprint density at radius 2 is 1.83 bits per heavy atom. The Morgan fingerprint density at radius 3 is 2.54 bits per heavy atom. The number of para-hydroxylation sites is 1. The van der Waals surface area contributed by atoms with Gasteiger partial charge < -0.3 is 4.90 Å². The monoisotopic (exact) mass is 342 g/mol. The maximum atomic E-state index is 12.4. The summed E-state index contributed by atoms with van der Waals surface area (Å²) in [6, 6.07) is 10.2. The minimum atomic E-state index is 0.218. The second kappa shape index (κ2) is 6.97. The van der Waals surface area contributed by atoms with Crippen molar-refractivity contribution >= 4 is 17.7 Å². The maximum absolute atomic E-state index is 12.4. The molecule has 6 heteroatoms. The zero-order chi connectivity index (χ0) is 16.4. The topological polar surface area (TPSA) is 51.0 Å². The third-order valence-electron chi connectivity index (χ3n) is 4.65. The number of piperidine rings is 1. The normalized spacial score (nSPS) is 17.9. The second-order valence-electron chi connectivity index (χ2n) is 6.52. The van der Waals surface area contributed by atoms with E-state index in [1.54, 1.807) is 0 Å². The van der Waals surface area contributed by atoms with Crippen LogP contribution in [0.2, 0.25) is 0 Å². The summed E-state index contributed by atoms with van der Waals surface area (Å²) in [7, 11) is 0. The second-order valence-corrected chi connectivity index (χ2v) is 7.46. The van der Waals surface area contributed by atoms with Gasteiger partial charge in [0.2, 0.25) is 5.91 Å². The fourth-order valence-corrected chi connectivity index (χ4v) is 4.02. The summed E-state index contributed by atoms with van der Waals surface area (Å²) >= 11 is 1.51. The van der Waals surface area contributed by atoms with Crippen molar-refractivity contribution < 1.29 is 4.79 Å². The first kappa shape index (κ1) is 15.7. The van der Waals surface area contributed by atoms with Crippen molar-refractivity contribution in [3.63, 3.8) is 0 Å². The Kier molecular flexibility index (Phi) is 4.56. The van der Waals surface area contributed by atoms with Crippen molar-refractivity contribution in [1.82, 2.24) is 19.7 Å². The molecule has 1 aromatic heterocycles. The lowest BCUT2D eigenvalue weighted by Crippen LogP contribution is -2.36. The van der Waals surface area contributed by atoms with Crippen LogP contribution in [-0.4, -0.2) is 44.4 Å². The van der Waals surface area contributed by atoms with Crippen molar-refractivity contribution in [2.24, 2.45) is 0 Å². The molecule has 2 fully saturated rings. The molecule has 0 radical (unpaired) electrons. The number of nitrogens with zero attached hydrogens (tertiary/aromatic N) is 4. The van der Waals surface area contributed by atoms with Gasteiger partial charge in [0, 0.05) is 24.7 Å². The number of carbonyl (C=O) groups is 1. The highest BCUT2D eigenvalue weighted by Crippen LogP contribution is 2.41. The van der Waals surface area contributed by atoms with Crippen LogP contribution in [0.5, 0.6) is 0 Å². The van der Waals surface area contributed by atoms with E-state index in [1.165, 1.54) is 31.0 Å². The number of amides is 1. The molecule has 1 amide bonds. The number of benzene rings is 1. The number of carbonyl (C=O) groups excluding carboxylic acids is 1. The standard InChI is InChI=1S/C18H22N4OS/c23-16(21-11-5-2-6-12-21)13-24-18-20-19-17(14-9-10-14)22(18)15-7-3-1-4-8-15/h1,3-4,7-8,14H,2,5-6,9-13H2. The Labute approximate surface area is 146 Å². The lowest BCUT2D eigenvalue weighted by Gasteiger charge is -2.26. The molecule has 1 saturated heterocycles. The average Bonchev–Trinajstić information content (AvgIpc) is 3.40. The third-order valence-corrected chi connectivity index (χ3v) is 5.56. The Morgan fingerprint density at radius 1 is 1.08 bits per heavy atom. The van der Waals surface area contributed by atoms with Crippen LogP contribution in [0, 0.1) is 0 Å². The first-order valence-electron chi connectivity index (χ1n) is 8.74. The van der Waals surface area contributed by atoms with E-state index in [4.69, 9.17) is 0 Å². The van der Waals surface area contributed by atoms with E-state index >= 15 is 0 Å². The van der Waals surface area contributed by atoms with Gasteiger partial charge >= 0.3 is 0 Å². The summed E-state index contributed by atoms with van der Waals surface area (Å²) in [6.45, 7) is 1.80. The quantitative estimate of drug-likeness (QED) is 0.783. The number of aromatic nitrogens is 3. The highest BCUT2D eigenvalue weighted by Gasteiger charge is 2.31. The molecule has 24 heavy (non-hydrogen) atoms.